The van der Waals surface area contributed by atoms with Gasteiger partial charge in [-0.15, -0.1) is 0 Å². The number of ether oxygens (including phenoxy) is 1. The van der Waals surface area contributed by atoms with Crippen molar-refractivity contribution in [1.82, 2.24) is 19.9 Å². The van der Waals surface area contributed by atoms with Crippen LogP contribution >= 0.6 is 0 Å². The maximum atomic E-state index is 13.3. The van der Waals surface area contributed by atoms with E-state index in [-0.39, 0.29) is 23.4 Å². The average Bonchev–Trinajstić information content (AvgIpc) is 3.55. The molecular weight excluding hydrogens is 394 g/mol. The number of hydrogen-bond donors (Lipinski definition) is 3. The number of nitrogens with zero attached hydrogens (tertiary/aromatic N) is 2. The highest BCUT2D eigenvalue weighted by atomic mass is 16.5. The van der Waals surface area contributed by atoms with Crippen LogP contribution < -0.4 is 16.2 Å². The summed E-state index contributed by atoms with van der Waals surface area (Å²) < 4.78 is 7.36. The van der Waals surface area contributed by atoms with Crippen molar-refractivity contribution in [2.75, 3.05) is 25.6 Å². The van der Waals surface area contributed by atoms with Gasteiger partial charge >= 0.3 is 0 Å². The zero-order valence-corrected chi connectivity index (χ0v) is 17.6. The molecule has 31 heavy (non-hydrogen) atoms. The Balaban J connectivity index is 1.58. The van der Waals surface area contributed by atoms with E-state index in [0.717, 1.165) is 54.5 Å². The van der Waals surface area contributed by atoms with E-state index >= 15 is 0 Å². The summed E-state index contributed by atoms with van der Waals surface area (Å²) in [5.41, 5.74) is 3.02. The van der Waals surface area contributed by atoms with Gasteiger partial charge in [0.05, 0.1) is 29.4 Å². The van der Waals surface area contributed by atoms with Crippen molar-refractivity contribution in [1.29, 1.82) is 0 Å². The van der Waals surface area contributed by atoms with Crippen molar-refractivity contribution < 1.29 is 9.53 Å². The van der Waals surface area contributed by atoms with Gasteiger partial charge in [0.15, 0.2) is 5.82 Å². The zero-order valence-electron chi connectivity index (χ0n) is 17.6. The lowest BCUT2D eigenvalue weighted by Gasteiger charge is -2.24. The Bertz CT molecular complexity index is 1170. The monoisotopic (exact) mass is 421 g/mol. The second-order valence-electron chi connectivity index (χ2n) is 8.40. The molecule has 1 saturated heterocycles. The smallest absolute Gasteiger partial charge is 0.260 e. The molecule has 0 aromatic carbocycles. The molecule has 4 heterocycles. The van der Waals surface area contributed by atoms with Gasteiger partial charge in [-0.2, -0.15) is 0 Å². The number of nitrogens with one attached hydrogen (secondary N) is 3. The maximum absolute atomic E-state index is 13.3. The minimum atomic E-state index is -0.0451. The number of carbonyl (C=O) groups excluding carboxylic acids is 1. The third kappa shape index (κ3) is 3.88. The van der Waals surface area contributed by atoms with Gasteiger partial charge in [0.1, 0.15) is 0 Å². The summed E-state index contributed by atoms with van der Waals surface area (Å²) >= 11 is 0. The summed E-state index contributed by atoms with van der Waals surface area (Å²) in [6, 6.07) is 5.77. The molecular formula is C23H27N5O3. The molecule has 162 valence electrons. The molecule has 1 saturated carbocycles. The van der Waals surface area contributed by atoms with Gasteiger partial charge in [-0.1, -0.05) is 0 Å². The molecule has 1 amide bonds. The lowest BCUT2D eigenvalue weighted by atomic mass is 10.1. The molecule has 0 radical (unpaired) electrons. The lowest BCUT2D eigenvalue weighted by molar-refractivity contribution is -0.117. The normalized spacial score (nSPS) is 18.9. The highest BCUT2D eigenvalue weighted by Crippen LogP contribution is 2.33. The predicted molar refractivity (Wildman–Crippen MR) is 119 cm³/mol. The van der Waals surface area contributed by atoms with E-state index in [4.69, 9.17) is 4.74 Å². The van der Waals surface area contributed by atoms with Crippen LogP contribution in [0.3, 0.4) is 0 Å². The number of aromatic nitrogens is 3. The number of carbonyl (C=O) groups is 1. The molecule has 1 aliphatic heterocycles. The average molecular weight is 422 g/mol. The zero-order chi connectivity index (χ0) is 21.4. The molecule has 0 spiro atoms. The Kier molecular flexibility index (Phi) is 5.33. The van der Waals surface area contributed by atoms with Crippen molar-refractivity contribution in [2.45, 2.75) is 38.3 Å². The fourth-order valence-electron chi connectivity index (χ4n) is 4.25. The quantitative estimate of drug-likeness (QED) is 0.568. The van der Waals surface area contributed by atoms with Crippen molar-refractivity contribution in [2.24, 2.45) is 5.92 Å². The number of fused-ring (bicyclic) bond motifs is 1. The Morgan fingerprint density at radius 1 is 1.35 bits per heavy atom. The van der Waals surface area contributed by atoms with Crippen LogP contribution in [-0.4, -0.2) is 40.7 Å². The first-order chi connectivity index (χ1) is 15.2. The molecule has 1 atom stereocenters. The fraction of sp³-hybridized carbons (Fsp3) is 0.435. The summed E-state index contributed by atoms with van der Waals surface area (Å²) in [6.07, 6.45) is 7.36. The Morgan fingerprint density at radius 3 is 2.97 bits per heavy atom. The van der Waals surface area contributed by atoms with Gasteiger partial charge < -0.3 is 24.9 Å². The molecule has 5 rings (SSSR count). The molecule has 1 aliphatic carbocycles. The third-order valence-electron chi connectivity index (χ3n) is 6.10. The van der Waals surface area contributed by atoms with Gasteiger partial charge in [0, 0.05) is 36.8 Å². The molecule has 0 bridgehead atoms. The van der Waals surface area contributed by atoms with Gasteiger partial charge in [0.2, 0.25) is 5.91 Å². The van der Waals surface area contributed by atoms with Crippen molar-refractivity contribution in [3.63, 3.8) is 0 Å². The predicted octanol–water partition coefficient (Wildman–Crippen LogP) is 2.81. The second kappa shape index (κ2) is 8.28. The summed E-state index contributed by atoms with van der Waals surface area (Å²) in [6.45, 7) is 1.95. The van der Waals surface area contributed by atoms with Gasteiger partial charge in [-0.25, -0.2) is 4.98 Å². The summed E-state index contributed by atoms with van der Waals surface area (Å²) in [7, 11) is 1.88. The van der Waals surface area contributed by atoms with E-state index in [0.29, 0.717) is 24.5 Å². The van der Waals surface area contributed by atoms with Crippen molar-refractivity contribution in [3.05, 3.63) is 46.5 Å². The number of pyridine rings is 2. The molecule has 2 fully saturated rings. The summed E-state index contributed by atoms with van der Waals surface area (Å²) in [5, 5.41) is 7.06. The number of anilines is 1. The Morgan fingerprint density at radius 2 is 2.23 bits per heavy atom. The standard InChI is InChI=1S/C23H27N5O3/c1-24-11-15-12-25-21(27-22(29)14-6-7-14)20-18(15)10-19(26-20)17-5-2-8-28(23(17)30)16-4-3-9-31-13-16/h2,5,8,10,12,14,16,24,26H,3-4,6-7,9,11,13H2,1H3,(H,25,27,29)/t16-/m0/s1. The fourth-order valence-corrected chi connectivity index (χ4v) is 4.25. The Hall–Kier alpha value is -2.97. The summed E-state index contributed by atoms with van der Waals surface area (Å²) in [5.74, 6) is 0.600. The number of hydrogen-bond acceptors (Lipinski definition) is 5. The van der Waals surface area contributed by atoms with Gasteiger partial charge in [-0.05, 0) is 56.5 Å². The first-order valence-corrected chi connectivity index (χ1v) is 10.9. The molecule has 3 aromatic heterocycles. The van der Waals surface area contributed by atoms with Crippen LogP contribution in [-0.2, 0) is 16.1 Å². The Labute approximate surface area is 180 Å². The molecule has 8 heteroatoms. The number of aromatic amines is 1. The molecule has 2 aliphatic rings. The SMILES string of the molecule is CNCc1cnc(NC(=O)C2CC2)c2[nH]c(-c3cccn([C@H]4CCCOC4)c3=O)cc12. The van der Waals surface area contributed by atoms with Crippen molar-refractivity contribution in [3.8, 4) is 11.3 Å². The maximum Gasteiger partial charge on any atom is 0.260 e. The minimum Gasteiger partial charge on any atom is -0.379 e. The van der Waals surface area contributed by atoms with E-state index < -0.39 is 0 Å². The van der Waals surface area contributed by atoms with E-state index in [1.54, 1.807) is 10.8 Å². The van der Waals surface area contributed by atoms with Crippen LogP contribution in [0.2, 0.25) is 0 Å². The second-order valence-corrected chi connectivity index (χ2v) is 8.40. The van der Waals surface area contributed by atoms with Crippen molar-refractivity contribution >= 4 is 22.6 Å². The number of rotatable bonds is 6. The molecule has 3 N–H and O–H groups in total. The van der Waals surface area contributed by atoms with Gasteiger partial charge in [0.25, 0.3) is 5.56 Å². The largest absolute Gasteiger partial charge is 0.379 e. The minimum absolute atomic E-state index is 0.00526. The first-order valence-electron chi connectivity index (χ1n) is 10.9. The van der Waals surface area contributed by atoms with Crippen LogP contribution in [0, 0.1) is 5.92 Å². The number of H-pyrrole nitrogens is 1. The van der Waals surface area contributed by atoms with E-state index in [1.165, 1.54) is 0 Å². The molecule has 3 aromatic rings. The third-order valence-corrected chi connectivity index (χ3v) is 6.10. The molecule has 8 nitrogen and oxygen atoms in total. The van der Waals surface area contributed by atoms with Crippen LogP contribution in [0.4, 0.5) is 5.82 Å². The van der Waals surface area contributed by atoms with E-state index in [2.05, 4.69) is 20.6 Å². The van der Waals surface area contributed by atoms with Crippen LogP contribution in [0.5, 0.6) is 0 Å². The van der Waals surface area contributed by atoms with Gasteiger partial charge in [-0.3, -0.25) is 9.59 Å². The van der Waals surface area contributed by atoms with Crippen LogP contribution in [0.25, 0.3) is 22.2 Å². The van der Waals surface area contributed by atoms with E-state index in [9.17, 15) is 9.59 Å². The molecule has 0 unspecified atom stereocenters. The highest BCUT2D eigenvalue weighted by Gasteiger charge is 2.30. The van der Waals surface area contributed by atoms with E-state index in [1.807, 2.05) is 31.4 Å². The van der Waals surface area contributed by atoms with Crippen LogP contribution in [0.1, 0.15) is 37.3 Å². The van der Waals surface area contributed by atoms with Crippen LogP contribution in [0.15, 0.2) is 35.4 Å². The highest BCUT2D eigenvalue weighted by molar-refractivity contribution is 6.02. The summed E-state index contributed by atoms with van der Waals surface area (Å²) in [4.78, 5) is 33.5. The topological polar surface area (TPSA) is 101 Å². The lowest BCUT2D eigenvalue weighted by Crippen LogP contribution is -2.30. The number of amides is 1. The first kappa shape index (κ1) is 20.0.